The highest BCUT2D eigenvalue weighted by Crippen LogP contribution is 2.37. The molecule has 0 aliphatic heterocycles. The molecule has 0 heterocycles. The lowest BCUT2D eigenvalue weighted by Crippen LogP contribution is -2.33. The highest BCUT2D eigenvalue weighted by Gasteiger charge is 2.32. The fourth-order valence-electron chi connectivity index (χ4n) is 2.27. The molecule has 0 aliphatic rings. The van der Waals surface area contributed by atoms with Gasteiger partial charge in [0.1, 0.15) is 12.3 Å². The Bertz CT molecular complexity index is 1020. The zero-order chi connectivity index (χ0) is 22.7. The number of alkyl halides is 6. The van der Waals surface area contributed by atoms with Crippen molar-refractivity contribution in [1.29, 1.82) is 0 Å². The lowest BCUT2D eigenvalue weighted by atomic mass is 10.0. The first-order chi connectivity index (χ1) is 13.7. The van der Waals surface area contributed by atoms with Crippen LogP contribution in [0, 0.1) is 0 Å². The molecule has 6 nitrogen and oxygen atoms in total. The summed E-state index contributed by atoms with van der Waals surface area (Å²) in [4.78, 5) is 10.1. The number of carbonyl (C=O) groups is 1. The molecular formula is C17H13F6NO5S. The fraction of sp³-hybridized carbons (Fsp3) is 0.235. The average molecular weight is 457 g/mol. The maximum Gasteiger partial charge on any atom is 0.416 e. The van der Waals surface area contributed by atoms with Crippen molar-refractivity contribution in [2.24, 2.45) is 0 Å². The van der Waals surface area contributed by atoms with E-state index in [0.29, 0.717) is 12.1 Å². The number of carboxylic acid groups (broad SMARTS) is 1. The number of carboxylic acids is 1. The van der Waals surface area contributed by atoms with Crippen molar-refractivity contribution in [1.82, 2.24) is 4.72 Å². The van der Waals surface area contributed by atoms with Gasteiger partial charge in [-0.1, -0.05) is 12.1 Å². The number of halogens is 6. The topological polar surface area (TPSA) is 92.7 Å². The second kappa shape index (κ2) is 8.52. The molecule has 0 aromatic heterocycles. The number of hydrogen-bond acceptors (Lipinski definition) is 4. The summed E-state index contributed by atoms with van der Waals surface area (Å²) in [7, 11) is -4.51. The largest absolute Gasteiger partial charge is 0.481 e. The molecule has 164 valence electrons. The number of aliphatic carboxylic acids is 1. The van der Waals surface area contributed by atoms with Gasteiger partial charge in [-0.2, -0.15) is 26.3 Å². The van der Waals surface area contributed by atoms with Crippen molar-refractivity contribution in [3.63, 3.8) is 0 Å². The van der Waals surface area contributed by atoms with Crippen molar-refractivity contribution >= 4 is 16.0 Å². The Labute approximate surface area is 166 Å². The summed E-state index contributed by atoms with van der Waals surface area (Å²) in [5.74, 6) is -1.59. The Hall–Kier alpha value is -2.80. The molecule has 2 aromatic rings. The number of benzene rings is 2. The van der Waals surface area contributed by atoms with Crippen molar-refractivity contribution in [3.05, 3.63) is 48.0 Å². The number of nitrogens with one attached hydrogen (secondary N) is 1. The first-order valence-corrected chi connectivity index (χ1v) is 9.40. The molecule has 0 atom stereocenters. The summed E-state index contributed by atoms with van der Waals surface area (Å²) in [6, 6.07) is 6.20. The number of sulfonamides is 1. The summed E-state index contributed by atoms with van der Waals surface area (Å²) in [5, 5.41) is 8.70. The zero-order valence-corrected chi connectivity index (χ0v) is 15.5. The van der Waals surface area contributed by atoms with Gasteiger partial charge in [-0.3, -0.25) is 0 Å². The van der Waals surface area contributed by atoms with E-state index in [4.69, 9.17) is 9.84 Å². The minimum Gasteiger partial charge on any atom is -0.481 e. The Balaban J connectivity index is 2.41. The molecule has 2 aromatic carbocycles. The van der Waals surface area contributed by atoms with E-state index >= 15 is 0 Å². The van der Waals surface area contributed by atoms with Crippen molar-refractivity contribution in [2.75, 3.05) is 13.2 Å². The first kappa shape index (κ1) is 23.5. The maximum absolute atomic E-state index is 13.0. The Morgan fingerprint density at radius 1 is 1.00 bits per heavy atom. The van der Waals surface area contributed by atoms with Gasteiger partial charge in [-0.15, -0.1) is 0 Å². The van der Waals surface area contributed by atoms with Gasteiger partial charge in [0.15, 0.2) is 6.61 Å². The van der Waals surface area contributed by atoms with E-state index in [-0.39, 0.29) is 16.9 Å². The second-order valence-electron chi connectivity index (χ2n) is 5.86. The number of ether oxygens (including phenoxy) is 1. The second-order valence-corrected chi connectivity index (χ2v) is 7.62. The van der Waals surface area contributed by atoms with Gasteiger partial charge in [0.25, 0.3) is 0 Å². The molecule has 0 fully saturated rings. The molecule has 0 saturated carbocycles. The van der Waals surface area contributed by atoms with Crippen LogP contribution in [0.2, 0.25) is 0 Å². The molecular weight excluding hydrogens is 444 g/mol. The van der Waals surface area contributed by atoms with Crippen LogP contribution in [0.5, 0.6) is 5.75 Å². The van der Waals surface area contributed by atoms with Crippen molar-refractivity contribution in [3.8, 4) is 16.9 Å². The van der Waals surface area contributed by atoms with Crippen LogP contribution >= 0.6 is 0 Å². The van der Waals surface area contributed by atoms with Gasteiger partial charge >= 0.3 is 18.3 Å². The van der Waals surface area contributed by atoms with Crippen LogP contribution in [0.25, 0.3) is 11.1 Å². The predicted octanol–water partition coefficient (Wildman–Crippen LogP) is 3.68. The van der Waals surface area contributed by atoms with E-state index in [9.17, 15) is 39.6 Å². The third-order valence-electron chi connectivity index (χ3n) is 3.60. The van der Waals surface area contributed by atoms with Gasteiger partial charge in [0.2, 0.25) is 10.0 Å². The lowest BCUT2D eigenvalue weighted by Gasteiger charge is -2.15. The summed E-state index contributed by atoms with van der Waals surface area (Å²) in [6.07, 6.45) is -9.49. The smallest absolute Gasteiger partial charge is 0.416 e. The molecule has 0 unspecified atom stereocenters. The Morgan fingerprint density at radius 2 is 1.60 bits per heavy atom. The molecule has 0 amide bonds. The van der Waals surface area contributed by atoms with Crippen molar-refractivity contribution in [2.45, 2.75) is 17.2 Å². The molecule has 2 N–H and O–H groups in total. The third kappa shape index (κ3) is 6.35. The fourth-order valence-corrected chi connectivity index (χ4v) is 3.29. The Morgan fingerprint density at radius 3 is 2.10 bits per heavy atom. The van der Waals surface area contributed by atoms with Gasteiger partial charge in [-0.05, 0) is 35.9 Å². The van der Waals surface area contributed by atoms with E-state index in [1.165, 1.54) is 4.72 Å². The minimum absolute atomic E-state index is 0.0243. The number of rotatable bonds is 7. The predicted molar refractivity (Wildman–Crippen MR) is 91.3 cm³/mol. The maximum atomic E-state index is 13.0. The van der Waals surface area contributed by atoms with Crippen LogP contribution in [0.4, 0.5) is 26.3 Å². The van der Waals surface area contributed by atoms with E-state index in [0.717, 1.165) is 30.3 Å². The molecule has 0 spiro atoms. The van der Waals surface area contributed by atoms with Crippen LogP contribution in [0.1, 0.15) is 5.56 Å². The third-order valence-corrected chi connectivity index (χ3v) is 5.01. The van der Waals surface area contributed by atoms with E-state index < -0.39 is 52.0 Å². The SMILES string of the molecule is O=C(O)COc1ccc(C(F)(F)F)cc1-c1ccc(S(=O)(=O)NCC(F)(F)F)cc1. The minimum atomic E-state index is -4.78. The van der Waals surface area contributed by atoms with Gasteiger partial charge < -0.3 is 9.84 Å². The summed E-state index contributed by atoms with van der Waals surface area (Å²) in [5.41, 5.74) is -1.22. The highest BCUT2D eigenvalue weighted by molar-refractivity contribution is 7.89. The molecule has 0 bridgehead atoms. The van der Waals surface area contributed by atoms with Crippen LogP contribution < -0.4 is 9.46 Å². The normalized spacial score (nSPS) is 12.6. The zero-order valence-electron chi connectivity index (χ0n) is 14.7. The first-order valence-electron chi connectivity index (χ1n) is 7.92. The Kier molecular flexibility index (Phi) is 6.67. The van der Waals surface area contributed by atoms with Gasteiger partial charge in [0, 0.05) is 5.56 Å². The average Bonchev–Trinajstić information content (AvgIpc) is 2.63. The van der Waals surface area contributed by atoms with Crippen LogP contribution in [-0.4, -0.2) is 38.8 Å². The van der Waals surface area contributed by atoms with E-state index in [2.05, 4.69) is 0 Å². The van der Waals surface area contributed by atoms with Crippen LogP contribution in [-0.2, 0) is 21.0 Å². The van der Waals surface area contributed by atoms with E-state index in [1.807, 2.05) is 0 Å². The summed E-state index contributed by atoms with van der Waals surface area (Å²) >= 11 is 0. The summed E-state index contributed by atoms with van der Waals surface area (Å²) < 4.78 is 106. The van der Waals surface area contributed by atoms with E-state index in [1.54, 1.807) is 0 Å². The van der Waals surface area contributed by atoms with Crippen LogP contribution in [0.15, 0.2) is 47.4 Å². The molecule has 0 aliphatic carbocycles. The quantitative estimate of drug-likeness (QED) is 0.619. The molecule has 0 saturated heterocycles. The van der Waals surface area contributed by atoms with Crippen LogP contribution in [0.3, 0.4) is 0 Å². The van der Waals surface area contributed by atoms with Crippen molar-refractivity contribution < 1.29 is 49.4 Å². The highest BCUT2D eigenvalue weighted by atomic mass is 32.2. The molecule has 2 rings (SSSR count). The lowest BCUT2D eigenvalue weighted by molar-refractivity contribution is -0.140. The number of hydrogen-bond donors (Lipinski definition) is 2. The molecule has 0 radical (unpaired) electrons. The monoisotopic (exact) mass is 457 g/mol. The molecule has 13 heteroatoms. The standard InChI is InChI=1S/C17H13F6NO5S/c18-16(19,20)9-24-30(27,28)12-4-1-10(2-5-12)13-7-11(17(21,22)23)3-6-14(13)29-8-15(25)26/h1-7,24H,8-9H2,(H,25,26). The summed E-state index contributed by atoms with van der Waals surface area (Å²) in [6.45, 7) is -2.63. The van der Waals surface area contributed by atoms with Gasteiger partial charge in [0.05, 0.1) is 10.5 Å². The van der Waals surface area contributed by atoms with Gasteiger partial charge in [-0.25, -0.2) is 17.9 Å². The molecule has 30 heavy (non-hydrogen) atoms.